The molecular formula is C19H31N3O2S2. The Morgan fingerprint density at radius 1 is 1.38 bits per heavy atom. The van der Waals surface area contributed by atoms with Crippen LogP contribution >= 0.6 is 12.2 Å². The summed E-state index contributed by atoms with van der Waals surface area (Å²) in [5, 5.41) is -0.396. The molecule has 2 atom stereocenters. The molecule has 1 fully saturated rings. The predicted octanol–water partition coefficient (Wildman–Crippen LogP) is 3.76. The molecule has 0 aromatic carbocycles. The largest absolute Gasteiger partial charge is 0.335 e. The SMILES string of the molecule is CCN(C(=S)[C@@H]1CCCC[C@H]1CCNS(=O)(=O)C(C)C)c1cccnc1. The first-order valence-electron chi connectivity index (χ1n) is 9.56. The average Bonchev–Trinajstić information content (AvgIpc) is 2.63. The Morgan fingerprint density at radius 2 is 2.12 bits per heavy atom. The van der Waals surface area contributed by atoms with Crippen LogP contribution in [0.25, 0.3) is 0 Å². The minimum Gasteiger partial charge on any atom is -0.335 e. The van der Waals surface area contributed by atoms with E-state index >= 15 is 0 Å². The van der Waals surface area contributed by atoms with E-state index in [-0.39, 0.29) is 0 Å². The summed E-state index contributed by atoms with van der Waals surface area (Å²) < 4.78 is 26.7. The molecule has 1 aliphatic rings. The van der Waals surface area contributed by atoms with Gasteiger partial charge >= 0.3 is 0 Å². The number of thiocarbonyl (C=S) groups is 1. The van der Waals surface area contributed by atoms with Crippen LogP contribution in [0.3, 0.4) is 0 Å². The number of rotatable bonds is 8. The number of nitrogens with one attached hydrogen (secondary N) is 1. The average molecular weight is 398 g/mol. The summed E-state index contributed by atoms with van der Waals surface area (Å²) in [6.45, 7) is 6.81. The molecule has 1 aromatic rings. The maximum absolute atomic E-state index is 12.0. The molecular weight excluding hydrogens is 366 g/mol. The van der Waals surface area contributed by atoms with Gasteiger partial charge in [0.25, 0.3) is 0 Å². The first-order valence-corrected chi connectivity index (χ1v) is 11.5. The van der Waals surface area contributed by atoms with Gasteiger partial charge in [-0.1, -0.05) is 25.1 Å². The van der Waals surface area contributed by atoms with Crippen LogP contribution in [-0.2, 0) is 10.0 Å². The van der Waals surface area contributed by atoms with E-state index < -0.39 is 15.3 Å². The van der Waals surface area contributed by atoms with E-state index in [1.54, 1.807) is 20.0 Å². The molecule has 0 saturated heterocycles. The Morgan fingerprint density at radius 3 is 2.73 bits per heavy atom. The molecule has 0 unspecified atom stereocenters. The van der Waals surface area contributed by atoms with Gasteiger partial charge in [0.05, 0.1) is 22.1 Å². The number of sulfonamides is 1. The van der Waals surface area contributed by atoms with Crippen LogP contribution in [0.2, 0.25) is 0 Å². The number of nitrogens with zero attached hydrogens (tertiary/aromatic N) is 2. The third-order valence-corrected chi connectivity index (χ3v) is 7.58. The van der Waals surface area contributed by atoms with E-state index in [0.29, 0.717) is 18.4 Å². The molecule has 7 heteroatoms. The normalized spacial score (nSPS) is 20.9. The van der Waals surface area contributed by atoms with Crippen molar-refractivity contribution in [3.63, 3.8) is 0 Å². The highest BCUT2D eigenvalue weighted by Gasteiger charge is 2.31. The van der Waals surface area contributed by atoms with Crippen LogP contribution in [0.5, 0.6) is 0 Å². The first kappa shape index (κ1) is 21.3. The molecule has 146 valence electrons. The molecule has 1 aliphatic carbocycles. The highest BCUT2D eigenvalue weighted by molar-refractivity contribution is 7.90. The van der Waals surface area contributed by atoms with Crippen molar-refractivity contribution in [2.24, 2.45) is 11.8 Å². The number of anilines is 1. The van der Waals surface area contributed by atoms with E-state index in [0.717, 1.165) is 36.5 Å². The highest BCUT2D eigenvalue weighted by Crippen LogP contribution is 2.35. The molecule has 1 aromatic heterocycles. The van der Waals surface area contributed by atoms with Crippen LogP contribution in [0.4, 0.5) is 5.69 Å². The summed E-state index contributed by atoms with van der Waals surface area (Å²) in [4.78, 5) is 7.35. The summed E-state index contributed by atoms with van der Waals surface area (Å²) >= 11 is 5.88. The molecule has 0 bridgehead atoms. The molecule has 26 heavy (non-hydrogen) atoms. The number of hydrogen-bond donors (Lipinski definition) is 1. The number of pyridine rings is 1. The van der Waals surface area contributed by atoms with Gasteiger partial charge in [0.2, 0.25) is 10.0 Å². The standard InChI is InChI=1S/C19H31N3O2S2/c1-4-22(17-9-7-12-20-14-17)19(25)18-10-6-5-8-16(18)11-13-21-26(23,24)15(2)3/h7,9,12,14-16,18,21H,4-6,8,10-11,13H2,1-3H3/t16-,18+/m0/s1. The van der Waals surface area contributed by atoms with Gasteiger partial charge in [0, 0.05) is 25.2 Å². The minimum absolute atomic E-state index is 0.322. The third kappa shape index (κ3) is 5.47. The Labute approximate surface area is 163 Å². The van der Waals surface area contributed by atoms with Crippen molar-refractivity contribution >= 4 is 32.9 Å². The molecule has 2 rings (SSSR count). The Bertz CT molecular complexity index is 677. The lowest BCUT2D eigenvalue weighted by atomic mass is 9.77. The second-order valence-corrected chi connectivity index (χ2v) is 9.96. The maximum atomic E-state index is 12.0. The van der Waals surface area contributed by atoms with Crippen molar-refractivity contribution in [3.05, 3.63) is 24.5 Å². The van der Waals surface area contributed by atoms with Crippen molar-refractivity contribution in [1.29, 1.82) is 0 Å². The fraction of sp³-hybridized carbons (Fsp3) is 0.684. The lowest BCUT2D eigenvalue weighted by Gasteiger charge is -2.37. The second-order valence-electron chi connectivity index (χ2n) is 7.22. The van der Waals surface area contributed by atoms with Gasteiger partial charge < -0.3 is 4.90 Å². The molecule has 0 amide bonds. The second kappa shape index (κ2) is 9.76. The lowest BCUT2D eigenvalue weighted by molar-refractivity contribution is 0.286. The van der Waals surface area contributed by atoms with Crippen LogP contribution in [0.1, 0.15) is 52.9 Å². The predicted molar refractivity (Wildman–Crippen MR) is 112 cm³/mol. The zero-order chi connectivity index (χ0) is 19.2. The maximum Gasteiger partial charge on any atom is 0.213 e. The zero-order valence-corrected chi connectivity index (χ0v) is 17.7. The summed E-state index contributed by atoms with van der Waals surface area (Å²) in [5.41, 5.74) is 1.03. The van der Waals surface area contributed by atoms with Crippen molar-refractivity contribution in [1.82, 2.24) is 9.71 Å². The Hall–Kier alpha value is -1.05. The van der Waals surface area contributed by atoms with Crippen LogP contribution in [-0.4, -0.2) is 36.7 Å². The van der Waals surface area contributed by atoms with Gasteiger partial charge in [-0.2, -0.15) is 0 Å². The molecule has 0 radical (unpaired) electrons. The molecule has 0 spiro atoms. The van der Waals surface area contributed by atoms with Crippen LogP contribution in [0.15, 0.2) is 24.5 Å². The van der Waals surface area contributed by atoms with E-state index in [1.807, 2.05) is 18.3 Å². The van der Waals surface area contributed by atoms with Gasteiger partial charge in [-0.15, -0.1) is 0 Å². The Kier molecular flexibility index (Phi) is 7.98. The minimum atomic E-state index is -3.20. The van der Waals surface area contributed by atoms with Gasteiger partial charge in [0.15, 0.2) is 0 Å². The molecule has 1 N–H and O–H groups in total. The summed E-state index contributed by atoms with van der Waals surface area (Å²) in [7, 11) is -3.20. The first-order chi connectivity index (χ1) is 12.4. The Balaban J connectivity index is 2.04. The molecule has 5 nitrogen and oxygen atoms in total. The molecule has 1 heterocycles. The van der Waals surface area contributed by atoms with E-state index in [9.17, 15) is 8.42 Å². The molecule has 1 saturated carbocycles. The summed E-state index contributed by atoms with van der Waals surface area (Å²) in [6.07, 6.45) is 9.02. The van der Waals surface area contributed by atoms with Gasteiger partial charge in [-0.05, 0) is 58.1 Å². The van der Waals surface area contributed by atoms with Crippen molar-refractivity contribution in [2.45, 2.75) is 58.1 Å². The smallest absolute Gasteiger partial charge is 0.213 e. The van der Waals surface area contributed by atoms with Crippen molar-refractivity contribution in [2.75, 3.05) is 18.0 Å². The zero-order valence-electron chi connectivity index (χ0n) is 16.0. The number of hydrogen-bond acceptors (Lipinski definition) is 4. The van der Waals surface area contributed by atoms with E-state index in [2.05, 4.69) is 21.5 Å². The van der Waals surface area contributed by atoms with Crippen LogP contribution < -0.4 is 9.62 Å². The summed E-state index contributed by atoms with van der Waals surface area (Å²) in [6, 6.07) is 3.97. The van der Waals surface area contributed by atoms with E-state index in [4.69, 9.17) is 12.2 Å². The van der Waals surface area contributed by atoms with Gasteiger partial charge in [-0.25, -0.2) is 13.1 Å². The summed E-state index contributed by atoms with van der Waals surface area (Å²) in [5.74, 6) is 0.749. The van der Waals surface area contributed by atoms with Gasteiger partial charge in [0.1, 0.15) is 0 Å². The quantitative estimate of drug-likeness (QED) is 0.677. The number of aromatic nitrogens is 1. The van der Waals surface area contributed by atoms with Crippen molar-refractivity contribution < 1.29 is 8.42 Å². The van der Waals surface area contributed by atoms with Gasteiger partial charge in [-0.3, -0.25) is 4.98 Å². The van der Waals surface area contributed by atoms with Crippen molar-refractivity contribution in [3.8, 4) is 0 Å². The monoisotopic (exact) mass is 397 g/mol. The fourth-order valence-corrected chi connectivity index (χ4v) is 4.89. The third-order valence-electron chi connectivity index (χ3n) is 5.21. The fourth-order valence-electron chi connectivity index (χ4n) is 3.61. The lowest BCUT2D eigenvalue weighted by Crippen LogP contribution is -2.40. The molecule has 0 aliphatic heterocycles. The highest BCUT2D eigenvalue weighted by atomic mass is 32.2. The van der Waals surface area contributed by atoms with Crippen LogP contribution in [0, 0.1) is 11.8 Å². The van der Waals surface area contributed by atoms with E-state index in [1.165, 1.54) is 12.8 Å². The topological polar surface area (TPSA) is 62.3 Å².